The molecule has 2 atom stereocenters. The van der Waals surface area contributed by atoms with Crippen molar-refractivity contribution in [3.8, 4) is 0 Å². The largest absolute Gasteiger partial charge is 0.393 e. The summed E-state index contributed by atoms with van der Waals surface area (Å²) in [5, 5.41) is 11.8. The molecule has 1 fully saturated rings. The van der Waals surface area contributed by atoms with Crippen molar-refractivity contribution in [3.05, 3.63) is 21.9 Å². The first-order chi connectivity index (χ1) is 6.10. The van der Waals surface area contributed by atoms with E-state index in [0.29, 0.717) is 0 Å². The van der Waals surface area contributed by atoms with E-state index in [1.54, 1.807) is 0 Å². The Bertz CT molecular complexity index is 305. The quantitative estimate of drug-likeness (QED) is 0.732. The summed E-state index contributed by atoms with van der Waals surface area (Å²) in [6, 6.07) is 2.27. The van der Waals surface area contributed by atoms with Crippen molar-refractivity contribution in [2.75, 3.05) is 0 Å². The third kappa shape index (κ3) is 1.65. The van der Waals surface area contributed by atoms with Crippen LogP contribution in [0.1, 0.15) is 36.6 Å². The summed E-state index contributed by atoms with van der Waals surface area (Å²) >= 11 is 1.81. The number of hydrogen-bond acceptors (Lipinski definition) is 2. The maximum atomic E-state index is 9.54. The molecule has 0 radical (unpaired) electrons. The maximum absolute atomic E-state index is 9.54. The number of aryl methyl sites for hydroxylation is 1. The average molecular weight is 196 g/mol. The van der Waals surface area contributed by atoms with Crippen LogP contribution in [0.2, 0.25) is 0 Å². The minimum Gasteiger partial charge on any atom is -0.393 e. The molecule has 0 spiro atoms. The van der Waals surface area contributed by atoms with Crippen LogP contribution in [-0.4, -0.2) is 11.2 Å². The molecule has 1 saturated carbocycles. The zero-order valence-corrected chi connectivity index (χ0v) is 9.03. The molecule has 0 aliphatic heterocycles. The third-order valence-corrected chi connectivity index (χ3v) is 4.00. The number of thiophene rings is 1. The Kier molecular flexibility index (Phi) is 2.20. The number of rotatable bonds is 1. The molecule has 2 heteroatoms. The number of aliphatic hydroxyl groups is 1. The van der Waals surface area contributed by atoms with Crippen LogP contribution >= 0.6 is 11.3 Å². The van der Waals surface area contributed by atoms with Crippen LogP contribution in [0.5, 0.6) is 0 Å². The van der Waals surface area contributed by atoms with Gasteiger partial charge < -0.3 is 5.11 Å². The summed E-state index contributed by atoms with van der Waals surface area (Å²) in [5.41, 5.74) is 1.66. The van der Waals surface area contributed by atoms with Gasteiger partial charge in [-0.2, -0.15) is 0 Å². The second-order valence-electron chi connectivity index (χ2n) is 4.40. The minimum atomic E-state index is -0.0785. The monoisotopic (exact) mass is 196 g/mol. The number of aliphatic hydroxyl groups excluding tert-OH is 1. The molecule has 1 nitrogen and oxygen atoms in total. The molecule has 1 aliphatic carbocycles. The molecule has 1 heterocycles. The molecule has 0 saturated heterocycles. The molecule has 1 aromatic heterocycles. The summed E-state index contributed by atoms with van der Waals surface area (Å²) in [7, 11) is 0. The first kappa shape index (κ1) is 9.22. The molecular formula is C11H16OS. The van der Waals surface area contributed by atoms with E-state index in [-0.39, 0.29) is 11.5 Å². The van der Waals surface area contributed by atoms with Crippen molar-refractivity contribution in [2.45, 2.75) is 44.6 Å². The Balaban J connectivity index is 2.25. The summed E-state index contributed by atoms with van der Waals surface area (Å²) < 4.78 is 0. The van der Waals surface area contributed by atoms with Crippen LogP contribution in [0.4, 0.5) is 0 Å². The van der Waals surface area contributed by atoms with Gasteiger partial charge in [0.2, 0.25) is 0 Å². The van der Waals surface area contributed by atoms with Crippen LogP contribution in [-0.2, 0) is 5.41 Å². The lowest BCUT2D eigenvalue weighted by atomic mass is 9.82. The Morgan fingerprint density at radius 1 is 1.62 bits per heavy atom. The van der Waals surface area contributed by atoms with E-state index in [1.807, 2.05) is 11.3 Å². The van der Waals surface area contributed by atoms with Gasteiger partial charge in [0.05, 0.1) is 6.10 Å². The first-order valence-corrected chi connectivity index (χ1v) is 5.72. The zero-order chi connectivity index (χ0) is 9.47. The van der Waals surface area contributed by atoms with Gasteiger partial charge in [-0.3, -0.25) is 0 Å². The van der Waals surface area contributed by atoms with E-state index in [4.69, 9.17) is 0 Å². The second-order valence-corrected chi connectivity index (χ2v) is 5.52. The number of hydrogen-bond donors (Lipinski definition) is 1. The normalized spacial score (nSPS) is 33.9. The molecule has 13 heavy (non-hydrogen) atoms. The highest BCUT2D eigenvalue weighted by Crippen LogP contribution is 2.42. The molecule has 0 amide bonds. The predicted molar refractivity (Wildman–Crippen MR) is 56.3 cm³/mol. The molecule has 1 aliphatic rings. The summed E-state index contributed by atoms with van der Waals surface area (Å²) in [4.78, 5) is 1.37. The van der Waals surface area contributed by atoms with Gasteiger partial charge in [0.1, 0.15) is 0 Å². The Labute approximate surface area is 83.4 Å². The van der Waals surface area contributed by atoms with Crippen molar-refractivity contribution >= 4 is 11.3 Å². The lowest BCUT2D eigenvalue weighted by Gasteiger charge is -2.22. The summed E-state index contributed by atoms with van der Waals surface area (Å²) in [6.07, 6.45) is 2.95. The van der Waals surface area contributed by atoms with E-state index in [9.17, 15) is 5.11 Å². The van der Waals surface area contributed by atoms with Crippen molar-refractivity contribution in [2.24, 2.45) is 0 Å². The molecule has 0 bridgehead atoms. The van der Waals surface area contributed by atoms with Crippen molar-refractivity contribution in [1.29, 1.82) is 0 Å². The van der Waals surface area contributed by atoms with E-state index in [2.05, 4.69) is 25.3 Å². The van der Waals surface area contributed by atoms with Gasteiger partial charge >= 0.3 is 0 Å². The Morgan fingerprint density at radius 2 is 2.38 bits per heavy atom. The maximum Gasteiger partial charge on any atom is 0.0549 e. The van der Waals surface area contributed by atoms with E-state index in [1.165, 1.54) is 10.4 Å². The topological polar surface area (TPSA) is 20.2 Å². The molecular weight excluding hydrogens is 180 g/mol. The lowest BCUT2D eigenvalue weighted by Crippen LogP contribution is -2.17. The van der Waals surface area contributed by atoms with Gasteiger partial charge in [-0.05, 0) is 48.6 Å². The fourth-order valence-electron chi connectivity index (χ4n) is 2.23. The van der Waals surface area contributed by atoms with Crippen LogP contribution in [0.25, 0.3) is 0 Å². The van der Waals surface area contributed by atoms with Gasteiger partial charge in [0.25, 0.3) is 0 Å². The van der Waals surface area contributed by atoms with Gasteiger partial charge in [0, 0.05) is 4.88 Å². The van der Waals surface area contributed by atoms with Gasteiger partial charge in [-0.15, -0.1) is 11.3 Å². The second kappa shape index (κ2) is 3.10. The average Bonchev–Trinajstić information content (AvgIpc) is 2.60. The molecule has 1 aromatic rings. The Hall–Kier alpha value is -0.340. The highest BCUT2D eigenvalue weighted by Gasteiger charge is 2.35. The van der Waals surface area contributed by atoms with Gasteiger partial charge in [0.15, 0.2) is 0 Å². The highest BCUT2D eigenvalue weighted by molar-refractivity contribution is 7.10. The van der Waals surface area contributed by atoms with E-state index >= 15 is 0 Å². The van der Waals surface area contributed by atoms with E-state index < -0.39 is 0 Å². The van der Waals surface area contributed by atoms with E-state index in [0.717, 1.165) is 19.3 Å². The smallest absolute Gasteiger partial charge is 0.0549 e. The van der Waals surface area contributed by atoms with Crippen LogP contribution < -0.4 is 0 Å². The predicted octanol–water partition coefficient (Wildman–Crippen LogP) is 2.86. The van der Waals surface area contributed by atoms with Gasteiger partial charge in [-0.1, -0.05) is 6.92 Å². The molecule has 1 N–H and O–H groups in total. The lowest BCUT2D eigenvalue weighted by molar-refractivity contribution is 0.175. The Morgan fingerprint density at radius 3 is 2.85 bits per heavy atom. The highest BCUT2D eigenvalue weighted by atomic mass is 32.1. The fourth-order valence-corrected chi connectivity index (χ4v) is 3.09. The first-order valence-electron chi connectivity index (χ1n) is 4.84. The van der Waals surface area contributed by atoms with Crippen LogP contribution in [0.15, 0.2) is 11.4 Å². The summed E-state index contributed by atoms with van der Waals surface area (Å²) in [6.45, 7) is 4.41. The molecule has 0 aromatic carbocycles. The van der Waals surface area contributed by atoms with Crippen LogP contribution in [0.3, 0.4) is 0 Å². The van der Waals surface area contributed by atoms with Crippen molar-refractivity contribution < 1.29 is 5.11 Å². The fraction of sp³-hybridized carbons (Fsp3) is 0.636. The van der Waals surface area contributed by atoms with Crippen LogP contribution in [0, 0.1) is 6.92 Å². The standard InChI is InChI=1S/C11H16OS/c1-8-5-9(7-13-8)11(2)4-3-10(12)6-11/h5,7,10,12H,3-4,6H2,1-2H3. The molecule has 2 unspecified atom stereocenters. The third-order valence-electron chi connectivity index (χ3n) is 3.14. The molecule has 2 rings (SSSR count). The zero-order valence-electron chi connectivity index (χ0n) is 8.21. The van der Waals surface area contributed by atoms with Crippen molar-refractivity contribution in [1.82, 2.24) is 0 Å². The summed E-state index contributed by atoms with van der Waals surface area (Å²) in [5.74, 6) is 0. The minimum absolute atomic E-state index is 0.0785. The molecule has 72 valence electrons. The van der Waals surface area contributed by atoms with Gasteiger partial charge in [-0.25, -0.2) is 0 Å². The SMILES string of the molecule is Cc1cc(C2(C)CCC(O)C2)cs1. The van der Waals surface area contributed by atoms with Crippen molar-refractivity contribution in [3.63, 3.8) is 0 Å².